The first-order chi connectivity index (χ1) is 21.3. The Balaban J connectivity index is 3.54. The van der Waals surface area contributed by atoms with Gasteiger partial charge in [0, 0.05) is 19.4 Å². The highest BCUT2D eigenvalue weighted by Crippen LogP contribution is 2.42. The van der Waals surface area contributed by atoms with Crippen LogP contribution in [0.4, 0.5) is 0 Å². The summed E-state index contributed by atoms with van der Waals surface area (Å²) in [5, 5.41) is 12.5. The number of unbranched alkanes of at least 4 members (excludes halogenated alkanes) is 18. The molecule has 0 bridgehead atoms. The maximum atomic E-state index is 12.0. The molecule has 0 spiro atoms. The lowest BCUT2D eigenvalue weighted by Gasteiger charge is -2.15. The molecule has 0 aromatic rings. The molecule has 44 heavy (non-hydrogen) atoms. The summed E-state index contributed by atoms with van der Waals surface area (Å²) in [5.41, 5.74) is 0. The van der Waals surface area contributed by atoms with Crippen molar-refractivity contribution in [3.05, 3.63) is 12.2 Å². The van der Waals surface area contributed by atoms with E-state index >= 15 is 0 Å². The Hall–Kier alpha value is -1.25. The second kappa shape index (κ2) is 31.7. The van der Waals surface area contributed by atoms with Crippen LogP contribution >= 0.6 is 7.82 Å². The van der Waals surface area contributed by atoms with Crippen LogP contribution < -0.4 is 5.32 Å². The highest BCUT2D eigenvalue weighted by atomic mass is 31.2. The fraction of sp³-hybridized carbons (Fsp3) is 0.882. The van der Waals surface area contributed by atoms with Gasteiger partial charge in [0.1, 0.15) is 12.7 Å². The molecule has 10 heteroatoms. The minimum absolute atomic E-state index is 0.0832. The van der Waals surface area contributed by atoms with E-state index in [0.717, 1.165) is 44.9 Å². The fourth-order valence-electron chi connectivity index (χ4n) is 4.73. The third-order valence-corrected chi connectivity index (χ3v) is 8.43. The normalized spacial score (nSPS) is 13.6. The summed E-state index contributed by atoms with van der Waals surface area (Å²) >= 11 is 0. The largest absolute Gasteiger partial charge is 0.472 e. The molecule has 2 unspecified atom stereocenters. The van der Waals surface area contributed by atoms with E-state index in [-0.39, 0.29) is 32.1 Å². The van der Waals surface area contributed by atoms with Gasteiger partial charge in [0.15, 0.2) is 0 Å². The standard InChI is InChI=1S/C34H66NO8P/c1-3-5-7-9-10-11-12-13-14-15-16-17-18-19-20-21-22-23-24-26-33(37)35-28-29-42-44(39,40)43-31-32(36)30-41-34(38)27-25-8-6-4-2/h13-14,32,36H,3-12,15-31H2,1-2H3,(H,35,37)(H,39,40)/b14-13+. The van der Waals surface area contributed by atoms with Crippen LogP contribution in [0, 0.1) is 0 Å². The Morgan fingerprint density at radius 2 is 1.16 bits per heavy atom. The Kier molecular flexibility index (Phi) is 30.8. The number of allylic oxidation sites excluding steroid dienone is 2. The average molecular weight is 648 g/mol. The summed E-state index contributed by atoms with van der Waals surface area (Å²) in [5.74, 6) is -0.534. The number of esters is 1. The number of phosphoric ester groups is 1. The molecule has 0 saturated carbocycles. The second-order valence-corrected chi connectivity index (χ2v) is 13.3. The number of amides is 1. The molecule has 0 aliphatic heterocycles. The van der Waals surface area contributed by atoms with Crippen LogP contribution in [0.25, 0.3) is 0 Å². The van der Waals surface area contributed by atoms with Gasteiger partial charge in [-0.2, -0.15) is 0 Å². The van der Waals surface area contributed by atoms with Gasteiger partial charge in [0.05, 0.1) is 13.2 Å². The third kappa shape index (κ3) is 32.2. The second-order valence-electron chi connectivity index (χ2n) is 11.8. The predicted molar refractivity (Wildman–Crippen MR) is 178 cm³/mol. The summed E-state index contributed by atoms with van der Waals surface area (Å²) in [6.45, 7) is 3.39. The maximum absolute atomic E-state index is 12.0. The van der Waals surface area contributed by atoms with Gasteiger partial charge in [0.25, 0.3) is 0 Å². The first kappa shape index (κ1) is 42.8. The zero-order valence-electron chi connectivity index (χ0n) is 28.1. The van der Waals surface area contributed by atoms with Crippen LogP contribution in [0.2, 0.25) is 0 Å². The van der Waals surface area contributed by atoms with E-state index < -0.39 is 26.5 Å². The molecule has 0 aliphatic carbocycles. The van der Waals surface area contributed by atoms with Crippen molar-refractivity contribution < 1.29 is 37.9 Å². The van der Waals surface area contributed by atoms with E-state index in [1.54, 1.807) is 0 Å². The van der Waals surface area contributed by atoms with E-state index in [2.05, 4.69) is 31.3 Å². The van der Waals surface area contributed by atoms with Crippen molar-refractivity contribution in [2.24, 2.45) is 0 Å². The van der Waals surface area contributed by atoms with Crippen molar-refractivity contribution in [3.8, 4) is 0 Å². The zero-order chi connectivity index (χ0) is 32.6. The molecule has 0 rings (SSSR count). The van der Waals surface area contributed by atoms with Crippen molar-refractivity contribution in [3.63, 3.8) is 0 Å². The first-order valence-electron chi connectivity index (χ1n) is 17.7. The molecule has 0 heterocycles. The number of carbonyl (C=O) groups is 2. The van der Waals surface area contributed by atoms with E-state index in [4.69, 9.17) is 13.8 Å². The molecular formula is C34H66NO8P. The lowest BCUT2D eigenvalue weighted by molar-refractivity contribution is -0.147. The lowest BCUT2D eigenvalue weighted by Crippen LogP contribution is -2.27. The molecule has 9 nitrogen and oxygen atoms in total. The van der Waals surface area contributed by atoms with Crippen molar-refractivity contribution in [2.75, 3.05) is 26.4 Å². The van der Waals surface area contributed by atoms with Crippen molar-refractivity contribution >= 4 is 19.7 Å². The SMILES string of the molecule is CCCCCCCC/C=C/CCCCCCCCCCCC(=O)NCCOP(=O)(O)OCC(O)COC(=O)CCCCCC. The molecule has 0 fully saturated rings. The zero-order valence-corrected chi connectivity index (χ0v) is 29.0. The number of aliphatic hydroxyl groups excluding tert-OH is 1. The smallest absolute Gasteiger partial charge is 0.463 e. The molecule has 1 amide bonds. The van der Waals surface area contributed by atoms with Gasteiger partial charge in [-0.3, -0.25) is 18.6 Å². The molecule has 0 aromatic carbocycles. The van der Waals surface area contributed by atoms with E-state index in [9.17, 15) is 24.2 Å². The molecule has 0 aliphatic rings. The van der Waals surface area contributed by atoms with E-state index in [0.29, 0.717) is 6.42 Å². The Bertz CT molecular complexity index is 749. The number of hydrogen-bond acceptors (Lipinski definition) is 7. The molecular weight excluding hydrogens is 581 g/mol. The minimum Gasteiger partial charge on any atom is -0.463 e. The highest BCUT2D eigenvalue weighted by Gasteiger charge is 2.23. The molecule has 2 atom stereocenters. The molecule has 3 N–H and O–H groups in total. The topological polar surface area (TPSA) is 131 Å². The van der Waals surface area contributed by atoms with Gasteiger partial charge in [-0.05, 0) is 38.5 Å². The van der Waals surface area contributed by atoms with E-state index in [1.165, 1.54) is 89.9 Å². The van der Waals surface area contributed by atoms with Crippen molar-refractivity contribution in [1.29, 1.82) is 0 Å². The van der Waals surface area contributed by atoms with Gasteiger partial charge in [0.2, 0.25) is 5.91 Å². The Labute approximate surface area is 268 Å². The van der Waals surface area contributed by atoms with E-state index in [1.807, 2.05) is 0 Å². The molecule has 260 valence electrons. The number of ether oxygens (including phenoxy) is 1. The number of rotatable bonds is 33. The van der Waals surface area contributed by atoms with Gasteiger partial charge >= 0.3 is 13.8 Å². The summed E-state index contributed by atoms with van der Waals surface area (Å²) in [6, 6.07) is 0. The summed E-state index contributed by atoms with van der Waals surface area (Å²) < 4.78 is 26.5. The summed E-state index contributed by atoms with van der Waals surface area (Å²) in [6.07, 6.45) is 29.2. The monoisotopic (exact) mass is 647 g/mol. The molecule has 0 saturated heterocycles. The predicted octanol–water partition coefficient (Wildman–Crippen LogP) is 8.71. The van der Waals surface area contributed by atoms with Gasteiger partial charge in [-0.1, -0.05) is 122 Å². The number of phosphoric acid groups is 1. The van der Waals surface area contributed by atoms with Gasteiger partial charge in [-0.25, -0.2) is 4.57 Å². The van der Waals surface area contributed by atoms with Gasteiger partial charge < -0.3 is 20.1 Å². The third-order valence-electron chi connectivity index (χ3n) is 7.45. The van der Waals surface area contributed by atoms with Crippen molar-refractivity contribution in [2.45, 2.75) is 168 Å². The van der Waals surface area contributed by atoms with Crippen LogP contribution in [0.1, 0.15) is 162 Å². The highest BCUT2D eigenvalue weighted by molar-refractivity contribution is 7.47. The quantitative estimate of drug-likeness (QED) is 0.0279. The van der Waals surface area contributed by atoms with Crippen LogP contribution in [-0.4, -0.2) is 54.3 Å². The van der Waals surface area contributed by atoms with Crippen LogP contribution in [0.15, 0.2) is 12.2 Å². The number of carbonyl (C=O) groups excluding carboxylic acids is 2. The minimum atomic E-state index is -4.39. The maximum Gasteiger partial charge on any atom is 0.472 e. The average Bonchev–Trinajstić information content (AvgIpc) is 3.00. The Morgan fingerprint density at radius 3 is 1.73 bits per heavy atom. The molecule has 0 radical (unpaired) electrons. The number of hydrogen-bond donors (Lipinski definition) is 3. The summed E-state index contributed by atoms with van der Waals surface area (Å²) in [7, 11) is -4.39. The number of nitrogens with one attached hydrogen (secondary N) is 1. The van der Waals surface area contributed by atoms with Crippen LogP contribution in [0.5, 0.6) is 0 Å². The van der Waals surface area contributed by atoms with Crippen LogP contribution in [0.3, 0.4) is 0 Å². The fourth-order valence-corrected chi connectivity index (χ4v) is 5.48. The lowest BCUT2D eigenvalue weighted by atomic mass is 10.1. The Morgan fingerprint density at radius 1 is 0.682 bits per heavy atom. The number of aliphatic hydroxyl groups is 1. The van der Waals surface area contributed by atoms with Crippen LogP contribution in [-0.2, 0) is 27.9 Å². The first-order valence-corrected chi connectivity index (χ1v) is 19.2. The van der Waals surface area contributed by atoms with Crippen molar-refractivity contribution in [1.82, 2.24) is 5.32 Å². The van der Waals surface area contributed by atoms with Gasteiger partial charge in [-0.15, -0.1) is 0 Å². The molecule has 0 aromatic heterocycles. The summed E-state index contributed by atoms with van der Waals surface area (Å²) in [4.78, 5) is 33.3.